The monoisotopic (exact) mass is 365 g/mol. The Hall–Kier alpha value is -1.43. The average molecular weight is 366 g/mol. The number of rotatable bonds is 6. The smallest absolute Gasteiger partial charge is 0.237 e. The van der Waals surface area contributed by atoms with Crippen LogP contribution in [-0.4, -0.2) is 16.9 Å². The van der Waals surface area contributed by atoms with Gasteiger partial charge in [0.15, 0.2) is 0 Å². The molecule has 1 unspecified atom stereocenters. The van der Waals surface area contributed by atoms with Gasteiger partial charge in [0.25, 0.3) is 0 Å². The van der Waals surface area contributed by atoms with Gasteiger partial charge in [0.2, 0.25) is 5.91 Å². The fraction of sp³-hybridized carbons (Fsp3) is 0.444. The number of nitrogens with two attached hydrogens (primary N) is 1. The number of carbonyl (C=O) groups is 1. The molecule has 2 aromatic rings. The van der Waals surface area contributed by atoms with E-state index in [1.807, 2.05) is 38.1 Å². The quantitative estimate of drug-likeness (QED) is 0.800. The lowest BCUT2D eigenvalue weighted by Gasteiger charge is -2.18. The summed E-state index contributed by atoms with van der Waals surface area (Å²) in [6.07, 6.45) is 0.677. The minimum absolute atomic E-state index is 0.114. The summed E-state index contributed by atoms with van der Waals surface area (Å²) in [6, 6.07) is 7.01. The number of nitrogens with one attached hydrogen (secondary N) is 1. The van der Waals surface area contributed by atoms with Crippen molar-refractivity contribution >= 4 is 28.8 Å². The fourth-order valence-electron chi connectivity index (χ4n) is 2.53. The van der Waals surface area contributed by atoms with Crippen molar-refractivity contribution in [2.45, 2.75) is 46.2 Å². The molecule has 2 atom stereocenters. The van der Waals surface area contributed by atoms with Crippen LogP contribution in [0.1, 0.15) is 43.8 Å². The fourth-order valence-corrected chi connectivity index (χ4v) is 3.73. The highest BCUT2D eigenvalue weighted by molar-refractivity contribution is 7.15. The zero-order chi connectivity index (χ0) is 17.9. The molecule has 24 heavy (non-hydrogen) atoms. The Morgan fingerprint density at radius 1 is 1.29 bits per heavy atom. The van der Waals surface area contributed by atoms with E-state index in [0.717, 1.165) is 21.1 Å². The van der Waals surface area contributed by atoms with Crippen LogP contribution >= 0.6 is 22.9 Å². The third kappa shape index (κ3) is 4.79. The molecule has 0 fully saturated rings. The van der Waals surface area contributed by atoms with E-state index in [1.54, 1.807) is 11.3 Å². The number of aromatic nitrogens is 1. The summed E-state index contributed by atoms with van der Waals surface area (Å²) in [4.78, 5) is 17.9. The summed E-state index contributed by atoms with van der Waals surface area (Å²) in [6.45, 7) is 8.04. The molecule has 0 spiro atoms. The van der Waals surface area contributed by atoms with E-state index >= 15 is 0 Å². The first-order valence-corrected chi connectivity index (χ1v) is 9.26. The van der Waals surface area contributed by atoms with Crippen LogP contribution in [0.3, 0.4) is 0 Å². The van der Waals surface area contributed by atoms with E-state index in [9.17, 15) is 4.79 Å². The Kier molecular flexibility index (Phi) is 6.38. The molecule has 2 rings (SSSR count). The molecule has 1 aromatic carbocycles. The first-order valence-electron chi connectivity index (χ1n) is 8.07. The molecule has 1 heterocycles. The molecule has 1 amide bonds. The van der Waals surface area contributed by atoms with Crippen LogP contribution in [0.25, 0.3) is 10.6 Å². The minimum atomic E-state index is -0.476. The summed E-state index contributed by atoms with van der Waals surface area (Å²) in [7, 11) is 0. The predicted molar refractivity (Wildman–Crippen MR) is 101 cm³/mol. The molecule has 0 saturated carbocycles. The number of benzene rings is 1. The van der Waals surface area contributed by atoms with Gasteiger partial charge in [0.05, 0.1) is 22.7 Å². The molecule has 130 valence electrons. The summed E-state index contributed by atoms with van der Waals surface area (Å²) in [5.41, 5.74) is 7.90. The van der Waals surface area contributed by atoms with Gasteiger partial charge in [-0.15, -0.1) is 11.3 Å². The third-order valence-electron chi connectivity index (χ3n) is 3.74. The maximum absolute atomic E-state index is 12.2. The molecule has 6 heteroatoms. The van der Waals surface area contributed by atoms with Gasteiger partial charge in [-0.05, 0) is 38.3 Å². The van der Waals surface area contributed by atoms with Crippen LogP contribution in [0.2, 0.25) is 5.02 Å². The second kappa shape index (κ2) is 8.10. The van der Waals surface area contributed by atoms with Crippen LogP contribution in [0, 0.1) is 12.8 Å². The van der Waals surface area contributed by atoms with Gasteiger partial charge in [0.1, 0.15) is 5.01 Å². The molecule has 0 radical (unpaired) electrons. The van der Waals surface area contributed by atoms with Gasteiger partial charge in [-0.25, -0.2) is 4.98 Å². The van der Waals surface area contributed by atoms with Crippen molar-refractivity contribution in [3.8, 4) is 10.6 Å². The lowest BCUT2D eigenvalue weighted by Crippen LogP contribution is -2.42. The highest BCUT2D eigenvalue weighted by Gasteiger charge is 2.21. The van der Waals surface area contributed by atoms with E-state index in [0.29, 0.717) is 17.4 Å². The van der Waals surface area contributed by atoms with Gasteiger partial charge >= 0.3 is 0 Å². The van der Waals surface area contributed by atoms with E-state index in [2.05, 4.69) is 24.1 Å². The summed E-state index contributed by atoms with van der Waals surface area (Å²) in [5, 5.41) is 4.63. The van der Waals surface area contributed by atoms with Gasteiger partial charge in [-0.1, -0.05) is 37.6 Å². The topological polar surface area (TPSA) is 68.0 Å². The molecule has 1 aromatic heterocycles. The van der Waals surface area contributed by atoms with E-state index in [-0.39, 0.29) is 11.9 Å². The Morgan fingerprint density at radius 2 is 1.92 bits per heavy atom. The molecule has 3 N–H and O–H groups in total. The number of carbonyl (C=O) groups excluding carboxylic acids is 1. The summed E-state index contributed by atoms with van der Waals surface area (Å²) >= 11 is 7.52. The van der Waals surface area contributed by atoms with Crippen molar-refractivity contribution in [2.24, 2.45) is 11.7 Å². The number of aryl methyl sites for hydroxylation is 1. The molecule has 0 aliphatic carbocycles. The number of nitrogens with zero attached hydrogens (tertiary/aromatic N) is 1. The first-order chi connectivity index (χ1) is 11.3. The van der Waals surface area contributed by atoms with Crippen LogP contribution in [-0.2, 0) is 4.79 Å². The predicted octanol–water partition coefficient (Wildman–Crippen LogP) is 4.32. The Morgan fingerprint density at radius 3 is 2.50 bits per heavy atom. The number of hydrogen-bond acceptors (Lipinski definition) is 4. The number of halogens is 1. The van der Waals surface area contributed by atoms with E-state index in [4.69, 9.17) is 17.3 Å². The minimum Gasteiger partial charge on any atom is -0.347 e. The zero-order valence-corrected chi connectivity index (χ0v) is 16.0. The second-order valence-electron chi connectivity index (χ2n) is 6.44. The molecule has 0 aliphatic rings. The number of amides is 1. The largest absolute Gasteiger partial charge is 0.347 e. The summed E-state index contributed by atoms with van der Waals surface area (Å²) in [5.74, 6) is 0.278. The van der Waals surface area contributed by atoms with Gasteiger partial charge in [-0.3, -0.25) is 4.79 Å². The molecular weight excluding hydrogens is 342 g/mol. The molecule has 4 nitrogen and oxygen atoms in total. The normalized spacial score (nSPS) is 13.8. The van der Waals surface area contributed by atoms with Crippen molar-refractivity contribution in [2.75, 3.05) is 0 Å². The Balaban J connectivity index is 2.11. The molecule has 0 bridgehead atoms. The number of hydrogen-bond donors (Lipinski definition) is 2. The zero-order valence-electron chi connectivity index (χ0n) is 14.5. The Labute approximate surface area is 152 Å². The standard InChI is InChI=1S/C18H24ClN3OS/c1-10(2)9-15(20)17(23)21-11(3)16-12(4)22-18(24-16)13-5-7-14(19)8-6-13/h5-8,10-11,15H,9,20H2,1-4H3,(H,21,23)/t11?,15-/m0/s1. The number of thiazole rings is 1. The van der Waals surface area contributed by atoms with E-state index < -0.39 is 6.04 Å². The highest BCUT2D eigenvalue weighted by Crippen LogP contribution is 2.32. The maximum Gasteiger partial charge on any atom is 0.237 e. The lowest BCUT2D eigenvalue weighted by molar-refractivity contribution is -0.123. The SMILES string of the molecule is Cc1nc(-c2ccc(Cl)cc2)sc1C(C)NC(=O)[C@@H](N)CC(C)C. The molecule has 0 aliphatic heterocycles. The molecule has 0 saturated heterocycles. The van der Waals surface area contributed by atoms with Crippen molar-refractivity contribution in [1.82, 2.24) is 10.3 Å². The van der Waals surface area contributed by atoms with E-state index in [1.165, 1.54) is 0 Å². The van der Waals surface area contributed by atoms with Gasteiger partial charge in [0, 0.05) is 10.6 Å². The van der Waals surface area contributed by atoms with Crippen LogP contribution < -0.4 is 11.1 Å². The Bertz CT molecular complexity index is 697. The first kappa shape index (κ1) is 18.9. The van der Waals surface area contributed by atoms with Crippen LogP contribution in [0.4, 0.5) is 0 Å². The molecular formula is C18H24ClN3OS. The van der Waals surface area contributed by atoms with Crippen molar-refractivity contribution in [3.63, 3.8) is 0 Å². The lowest BCUT2D eigenvalue weighted by atomic mass is 10.0. The van der Waals surface area contributed by atoms with Crippen molar-refractivity contribution < 1.29 is 4.79 Å². The van der Waals surface area contributed by atoms with Crippen molar-refractivity contribution in [3.05, 3.63) is 39.9 Å². The van der Waals surface area contributed by atoms with Crippen molar-refractivity contribution in [1.29, 1.82) is 0 Å². The van der Waals surface area contributed by atoms with Gasteiger partial charge in [-0.2, -0.15) is 0 Å². The van der Waals surface area contributed by atoms with Gasteiger partial charge < -0.3 is 11.1 Å². The highest BCUT2D eigenvalue weighted by atomic mass is 35.5. The maximum atomic E-state index is 12.2. The average Bonchev–Trinajstić information content (AvgIpc) is 2.89. The van der Waals surface area contributed by atoms with Crippen LogP contribution in [0.15, 0.2) is 24.3 Å². The third-order valence-corrected chi connectivity index (χ3v) is 5.38. The van der Waals surface area contributed by atoms with Crippen LogP contribution in [0.5, 0.6) is 0 Å². The second-order valence-corrected chi connectivity index (χ2v) is 7.91. The summed E-state index contributed by atoms with van der Waals surface area (Å²) < 4.78 is 0.